The van der Waals surface area contributed by atoms with Crippen molar-refractivity contribution in [3.05, 3.63) is 204 Å². The Kier molecular flexibility index (Phi) is 8.15. The SMILES string of the molecule is C=C/C=C(C=C)/C(=C/C(=NCc1cccnc1)c1cccc2c1-c1ccccc1C2(c1ccccc1)c1cccnc1)N=C. The highest BCUT2D eigenvalue weighted by atomic mass is 14.8. The van der Waals surface area contributed by atoms with Crippen molar-refractivity contribution in [2.24, 2.45) is 9.98 Å². The van der Waals surface area contributed by atoms with Gasteiger partial charge in [-0.05, 0) is 69.4 Å². The lowest BCUT2D eigenvalue weighted by molar-refractivity contribution is 0.762. The molecule has 3 aromatic carbocycles. The highest BCUT2D eigenvalue weighted by Crippen LogP contribution is 2.56. The number of allylic oxidation sites excluding steroid dienone is 4. The van der Waals surface area contributed by atoms with Crippen LogP contribution in [0.4, 0.5) is 0 Å². The van der Waals surface area contributed by atoms with Crippen molar-refractivity contribution < 1.29 is 0 Å². The van der Waals surface area contributed by atoms with Crippen molar-refractivity contribution >= 4 is 12.4 Å². The molecule has 4 nitrogen and oxygen atoms in total. The van der Waals surface area contributed by atoms with Crippen LogP contribution in [0.1, 0.15) is 33.4 Å². The summed E-state index contributed by atoms with van der Waals surface area (Å²) in [5, 5.41) is 0. The van der Waals surface area contributed by atoms with Gasteiger partial charge in [0.25, 0.3) is 0 Å². The first-order valence-corrected chi connectivity index (χ1v) is 14.5. The summed E-state index contributed by atoms with van der Waals surface area (Å²) >= 11 is 0. The lowest BCUT2D eigenvalue weighted by atomic mass is 9.68. The number of rotatable bonds is 10. The maximum atomic E-state index is 5.19. The van der Waals surface area contributed by atoms with E-state index in [1.807, 2.05) is 48.9 Å². The average Bonchev–Trinajstić information content (AvgIpc) is 3.40. The second-order valence-electron chi connectivity index (χ2n) is 10.4. The first-order chi connectivity index (χ1) is 21.7. The highest BCUT2D eigenvalue weighted by Gasteiger charge is 2.47. The van der Waals surface area contributed by atoms with Crippen LogP contribution in [0.5, 0.6) is 0 Å². The Balaban J connectivity index is 1.68. The standard InChI is InChI=1S/C40H32N4/c1-4-14-30(5-2)37(41-3)25-38(44-27-29-15-12-23-42-26-29)34-20-11-22-36-39(34)33-19-9-10-21-35(33)40(36,31-16-7-6-8-17-31)32-18-13-24-43-28-32/h4-26,28H,1-3,27H2/b30-14+,37-25-,44-38?. The lowest BCUT2D eigenvalue weighted by Crippen LogP contribution is -2.28. The summed E-state index contributed by atoms with van der Waals surface area (Å²) in [6, 6.07) is 34.0. The average molecular weight is 569 g/mol. The molecule has 0 fully saturated rings. The van der Waals surface area contributed by atoms with Gasteiger partial charge in [-0.25, -0.2) is 0 Å². The van der Waals surface area contributed by atoms with E-state index in [0.29, 0.717) is 12.2 Å². The quantitative estimate of drug-likeness (QED) is 0.123. The number of hydrogen-bond acceptors (Lipinski definition) is 4. The fraction of sp³-hybridized carbons (Fsp3) is 0.0500. The summed E-state index contributed by atoms with van der Waals surface area (Å²) < 4.78 is 0. The van der Waals surface area contributed by atoms with E-state index in [0.717, 1.165) is 39.1 Å². The molecule has 5 aromatic rings. The Labute approximate surface area is 259 Å². The summed E-state index contributed by atoms with van der Waals surface area (Å²) in [4.78, 5) is 18.4. The molecule has 0 N–H and O–H groups in total. The molecule has 2 heterocycles. The van der Waals surface area contributed by atoms with Crippen LogP contribution >= 0.6 is 0 Å². The molecule has 4 heteroatoms. The van der Waals surface area contributed by atoms with Gasteiger partial charge in [0.2, 0.25) is 0 Å². The van der Waals surface area contributed by atoms with Crippen LogP contribution in [-0.4, -0.2) is 22.4 Å². The molecule has 0 bridgehead atoms. The Morgan fingerprint density at radius 1 is 0.750 bits per heavy atom. The Morgan fingerprint density at radius 2 is 1.48 bits per heavy atom. The number of benzene rings is 3. The molecule has 1 aliphatic carbocycles. The van der Waals surface area contributed by atoms with Crippen molar-refractivity contribution in [3.8, 4) is 11.1 Å². The minimum atomic E-state index is -0.565. The Bertz CT molecular complexity index is 1880. The molecule has 1 unspecified atom stereocenters. The van der Waals surface area contributed by atoms with E-state index >= 15 is 0 Å². The molecule has 0 saturated heterocycles. The van der Waals surface area contributed by atoms with Gasteiger partial charge >= 0.3 is 0 Å². The van der Waals surface area contributed by atoms with Crippen molar-refractivity contribution in [2.75, 3.05) is 0 Å². The molecule has 212 valence electrons. The zero-order valence-corrected chi connectivity index (χ0v) is 24.5. The van der Waals surface area contributed by atoms with Gasteiger partial charge in [-0.1, -0.05) is 116 Å². The van der Waals surface area contributed by atoms with Gasteiger partial charge in [0, 0.05) is 30.4 Å². The molecule has 6 rings (SSSR count). The fourth-order valence-electron chi connectivity index (χ4n) is 6.21. The summed E-state index contributed by atoms with van der Waals surface area (Å²) in [5.74, 6) is 0. The molecular weight excluding hydrogens is 536 g/mol. The van der Waals surface area contributed by atoms with E-state index in [-0.39, 0.29) is 0 Å². The van der Waals surface area contributed by atoms with Crippen LogP contribution in [0.15, 0.2) is 181 Å². The van der Waals surface area contributed by atoms with Crippen LogP contribution < -0.4 is 0 Å². The minimum Gasteiger partial charge on any atom is -0.280 e. The third kappa shape index (κ3) is 4.97. The summed E-state index contributed by atoms with van der Waals surface area (Å²) in [6.07, 6.45) is 14.8. The van der Waals surface area contributed by atoms with E-state index in [9.17, 15) is 0 Å². The fourth-order valence-corrected chi connectivity index (χ4v) is 6.21. The normalized spacial score (nSPS) is 16.1. The van der Waals surface area contributed by atoms with E-state index in [1.54, 1.807) is 18.3 Å². The topological polar surface area (TPSA) is 50.5 Å². The van der Waals surface area contributed by atoms with Crippen LogP contribution in [-0.2, 0) is 12.0 Å². The Hall–Kier alpha value is -5.74. The van der Waals surface area contributed by atoms with E-state index < -0.39 is 5.41 Å². The number of aromatic nitrogens is 2. The van der Waals surface area contributed by atoms with Crippen molar-refractivity contribution in [1.82, 2.24) is 9.97 Å². The molecule has 1 aliphatic rings. The predicted molar refractivity (Wildman–Crippen MR) is 182 cm³/mol. The van der Waals surface area contributed by atoms with Crippen LogP contribution in [0.2, 0.25) is 0 Å². The highest BCUT2D eigenvalue weighted by molar-refractivity contribution is 6.15. The lowest BCUT2D eigenvalue weighted by Gasteiger charge is -2.33. The van der Waals surface area contributed by atoms with E-state index in [1.165, 1.54) is 16.7 Å². The van der Waals surface area contributed by atoms with Crippen LogP contribution in [0, 0.1) is 0 Å². The van der Waals surface area contributed by atoms with Crippen molar-refractivity contribution in [2.45, 2.75) is 12.0 Å². The molecule has 0 aliphatic heterocycles. The third-order valence-electron chi connectivity index (χ3n) is 8.06. The molecule has 0 radical (unpaired) electrons. The van der Waals surface area contributed by atoms with Crippen molar-refractivity contribution in [1.29, 1.82) is 0 Å². The van der Waals surface area contributed by atoms with Gasteiger partial charge in [-0.3, -0.25) is 20.0 Å². The summed E-state index contributed by atoms with van der Waals surface area (Å²) in [5.41, 5.74) is 10.7. The van der Waals surface area contributed by atoms with Gasteiger partial charge < -0.3 is 0 Å². The maximum absolute atomic E-state index is 5.19. The molecule has 0 spiro atoms. The molecule has 0 amide bonds. The number of hydrogen-bond donors (Lipinski definition) is 0. The van der Waals surface area contributed by atoms with Gasteiger partial charge in [0.15, 0.2) is 0 Å². The monoisotopic (exact) mass is 568 g/mol. The zero-order valence-electron chi connectivity index (χ0n) is 24.5. The second-order valence-corrected chi connectivity index (χ2v) is 10.4. The zero-order chi connectivity index (χ0) is 30.4. The third-order valence-corrected chi connectivity index (χ3v) is 8.06. The van der Waals surface area contributed by atoms with Crippen molar-refractivity contribution in [3.63, 3.8) is 0 Å². The number of fused-ring (bicyclic) bond motifs is 3. The minimum absolute atomic E-state index is 0.455. The predicted octanol–water partition coefficient (Wildman–Crippen LogP) is 8.71. The van der Waals surface area contributed by atoms with Gasteiger partial charge in [0.1, 0.15) is 0 Å². The van der Waals surface area contributed by atoms with Crippen LogP contribution in [0.3, 0.4) is 0 Å². The second kappa shape index (κ2) is 12.6. The summed E-state index contributed by atoms with van der Waals surface area (Å²) in [7, 11) is 0. The van der Waals surface area contributed by atoms with Gasteiger partial charge in [-0.15, -0.1) is 0 Å². The number of pyridine rings is 2. The summed E-state index contributed by atoms with van der Waals surface area (Å²) in [6.45, 7) is 12.2. The molecule has 0 saturated carbocycles. The first-order valence-electron chi connectivity index (χ1n) is 14.5. The van der Waals surface area contributed by atoms with E-state index in [4.69, 9.17) is 4.99 Å². The van der Waals surface area contributed by atoms with Gasteiger partial charge in [0.05, 0.1) is 23.4 Å². The molecular formula is C40H32N4. The number of aliphatic imine (C=N–C) groups is 2. The largest absolute Gasteiger partial charge is 0.280 e. The smallest absolute Gasteiger partial charge is 0.0728 e. The molecule has 2 aromatic heterocycles. The van der Waals surface area contributed by atoms with Gasteiger partial charge in [-0.2, -0.15) is 0 Å². The Morgan fingerprint density at radius 3 is 2.18 bits per heavy atom. The first kappa shape index (κ1) is 28.4. The maximum Gasteiger partial charge on any atom is 0.0728 e. The van der Waals surface area contributed by atoms with E-state index in [2.05, 4.69) is 114 Å². The molecule has 1 atom stereocenters. The van der Waals surface area contributed by atoms with Crippen LogP contribution in [0.25, 0.3) is 11.1 Å². The molecule has 44 heavy (non-hydrogen) atoms. The number of nitrogens with zero attached hydrogens (tertiary/aromatic N) is 4.